The molecule has 1 fully saturated rings. The zero-order chi connectivity index (χ0) is 88.2. The summed E-state index contributed by atoms with van der Waals surface area (Å²) in [6, 6.07) is 66.6. The maximum Gasteiger partial charge on any atom is 0.410 e. The van der Waals surface area contributed by atoms with Gasteiger partial charge >= 0.3 is 6.09 Å². The molecule has 0 unspecified atom stereocenters. The van der Waals surface area contributed by atoms with E-state index >= 15 is 0 Å². The molecule has 664 valence electrons. The third-order valence-electron chi connectivity index (χ3n) is 24.7. The van der Waals surface area contributed by atoms with Gasteiger partial charge in [-0.2, -0.15) is 0 Å². The molecule has 16 aromatic rings. The monoisotopic (exact) mass is 1810 g/mol. The summed E-state index contributed by atoms with van der Waals surface area (Å²) in [5.41, 5.74) is 13.3. The van der Waals surface area contributed by atoms with Gasteiger partial charge < -0.3 is 46.3 Å². The van der Waals surface area contributed by atoms with Gasteiger partial charge in [0.2, 0.25) is 0 Å². The van der Waals surface area contributed by atoms with E-state index in [1.165, 1.54) is 115 Å². The van der Waals surface area contributed by atoms with Crippen LogP contribution >= 0.6 is 56.7 Å². The van der Waals surface area contributed by atoms with Crippen molar-refractivity contribution in [3.05, 3.63) is 289 Å². The predicted molar refractivity (Wildman–Crippen MR) is 533 cm³/mol. The Morgan fingerprint density at radius 3 is 1.20 bits per heavy atom. The number of amides is 1. The number of benzene rings is 6. The number of morpholine rings is 1. The summed E-state index contributed by atoms with van der Waals surface area (Å²) in [7, 11) is 0. The highest BCUT2D eigenvalue weighted by molar-refractivity contribution is 7.22. The van der Waals surface area contributed by atoms with E-state index in [-0.39, 0.29) is 36.3 Å². The van der Waals surface area contributed by atoms with Gasteiger partial charge in [-0.1, -0.05) is 217 Å². The van der Waals surface area contributed by atoms with Gasteiger partial charge in [0.15, 0.2) is 0 Å². The van der Waals surface area contributed by atoms with Crippen LogP contribution in [0.4, 0.5) is 33.9 Å². The van der Waals surface area contributed by atoms with Crippen LogP contribution in [0, 0.1) is 0 Å². The number of aromatic nitrogens is 10. The lowest BCUT2D eigenvalue weighted by atomic mass is 10.0. The Kier molecular flexibility index (Phi) is 30.4. The summed E-state index contributed by atoms with van der Waals surface area (Å²) in [6.45, 7) is 24.7. The van der Waals surface area contributed by atoms with Crippen molar-refractivity contribution < 1.29 is 14.3 Å². The van der Waals surface area contributed by atoms with Gasteiger partial charge in [0, 0.05) is 76.7 Å². The number of thiophene rings is 5. The molecule has 6 N–H and O–H groups in total. The van der Waals surface area contributed by atoms with Crippen molar-refractivity contribution in [2.75, 3.05) is 92.2 Å². The fourth-order valence-electron chi connectivity index (χ4n) is 17.9. The van der Waals surface area contributed by atoms with Crippen LogP contribution in [0.1, 0.15) is 180 Å². The summed E-state index contributed by atoms with van der Waals surface area (Å²) in [6.07, 6.45) is 19.7. The molecule has 0 radical (unpaired) electrons. The molecular formula is C102H113N19O3S5. The van der Waals surface area contributed by atoms with Crippen molar-refractivity contribution in [1.29, 1.82) is 0 Å². The molecule has 0 saturated carbocycles. The molecule has 21 rings (SSSR count). The van der Waals surface area contributed by atoms with Crippen molar-refractivity contribution in [1.82, 2.24) is 69.9 Å². The Hall–Kier alpha value is -11.4. The lowest BCUT2D eigenvalue weighted by Crippen LogP contribution is -2.42. The first-order valence-corrected chi connectivity index (χ1v) is 49.7. The van der Waals surface area contributed by atoms with Crippen LogP contribution in [0.2, 0.25) is 0 Å². The zero-order valence-corrected chi connectivity index (χ0v) is 78.3. The maximum atomic E-state index is 12.1. The SMILES string of the molecule is CCOC(=O)N1CCc2c(sc3ncnc(N[C@H](CC)c4ccccc4)c23)C1.CC[C@@H](Nc1ncnc2sc(-c3ccccc3)cc12)c1ccccc1.CC[C@@H](Nc1ncnc2sc3c(c12)CCC3)c1ccccc1.CC[C@@H](Nc1ncnc2sc3c(c12)CCN(CCN1CCOCC1)C3)c1ccccc1.CC[C@@H](Nc1ncnc2sc3c(c12)CCNC3)c1ccccc1. The lowest BCUT2D eigenvalue weighted by Gasteiger charge is -2.31. The molecule has 4 aliphatic heterocycles. The molecule has 5 atom stereocenters. The van der Waals surface area contributed by atoms with E-state index in [1.54, 1.807) is 70.5 Å². The number of hydrogen-bond donors (Lipinski definition) is 6. The number of carbonyl (C=O) groups excluding carboxylic acids is 1. The molecule has 1 amide bonds. The summed E-state index contributed by atoms with van der Waals surface area (Å²) in [5, 5.41) is 27.6. The number of nitrogens with zero attached hydrogens (tertiary/aromatic N) is 13. The summed E-state index contributed by atoms with van der Waals surface area (Å²) < 4.78 is 10.6. The predicted octanol–water partition coefficient (Wildman–Crippen LogP) is 23.3. The minimum Gasteiger partial charge on any atom is -0.450 e. The van der Waals surface area contributed by atoms with E-state index in [9.17, 15) is 4.79 Å². The van der Waals surface area contributed by atoms with Crippen LogP contribution in [0.3, 0.4) is 0 Å². The van der Waals surface area contributed by atoms with Crippen LogP contribution in [-0.2, 0) is 61.2 Å². The normalized spacial score (nSPS) is 15.3. The van der Waals surface area contributed by atoms with Crippen molar-refractivity contribution in [2.45, 2.75) is 162 Å². The van der Waals surface area contributed by atoms with Gasteiger partial charge in [-0.05, 0) is 146 Å². The van der Waals surface area contributed by atoms with Crippen molar-refractivity contribution in [3.8, 4) is 10.4 Å². The van der Waals surface area contributed by atoms with Crippen LogP contribution in [0.15, 0.2) is 220 Å². The highest BCUT2D eigenvalue weighted by Gasteiger charge is 2.31. The third-order valence-corrected chi connectivity index (χ3v) is 30.4. The second-order valence-corrected chi connectivity index (χ2v) is 38.1. The van der Waals surface area contributed by atoms with Crippen molar-refractivity contribution in [3.63, 3.8) is 0 Å². The molecule has 129 heavy (non-hydrogen) atoms. The molecule has 22 nitrogen and oxygen atoms in total. The van der Waals surface area contributed by atoms with Gasteiger partial charge in [-0.15, -0.1) is 56.7 Å². The number of fused-ring (bicyclic) bond motifs is 13. The molecule has 1 saturated heterocycles. The fraction of sp³-hybridized carbons (Fsp3) is 0.343. The highest BCUT2D eigenvalue weighted by Crippen LogP contribution is 2.45. The Morgan fingerprint density at radius 2 is 0.760 bits per heavy atom. The van der Waals surface area contributed by atoms with Crippen molar-refractivity contribution in [2.24, 2.45) is 0 Å². The van der Waals surface area contributed by atoms with E-state index in [4.69, 9.17) is 9.47 Å². The number of nitrogens with one attached hydrogen (secondary N) is 6. The number of anilines is 5. The molecular weight excluding hydrogens is 1700 g/mol. The lowest BCUT2D eigenvalue weighted by molar-refractivity contribution is 0.0327. The Morgan fingerprint density at radius 1 is 0.388 bits per heavy atom. The van der Waals surface area contributed by atoms with Gasteiger partial charge in [-0.25, -0.2) is 54.6 Å². The Balaban J connectivity index is 0.000000114. The first-order valence-electron chi connectivity index (χ1n) is 45.6. The minimum atomic E-state index is -0.245. The molecule has 5 aliphatic rings. The maximum absolute atomic E-state index is 12.1. The molecule has 14 heterocycles. The summed E-state index contributed by atoms with van der Waals surface area (Å²) >= 11 is 8.82. The second-order valence-electron chi connectivity index (χ2n) is 32.8. The standard InChI is InChI=1S/C24H31N5OS.C21H24N4O2S.C21H19N3S.C18H20N4S.C18H19N3S/c1-2-20(18-6-4-3-5-7-18)27-23-22-19-8-9-29(11-10-28-12-14-30-15-13-28)16-21(19)31-24(22)26-17-25-23;1-3-16(14-8-6-5-7-9-14)24-19-18-15-10-11-25(21(26)27-4-2)12-17(15)28-20(18)23-13-22-19;1-2-18(15-9-5-3-6-10-15)24-20-17-13-19(16-11-7-4-8-12-16)25-21(17)23-14-22-20;1-2-14(12-6-4-3-5-7-12)22-17-16-13-8-9-19-10-15(13)23-18(16)21-11-20-17;1-2-14(12-7-4-3-5-8-12)21-17-16-13-9-6-10-15(13)22-18(16)20-11-19-17/h3-7,17,20H,2,8-16H2,1H3,(H,25,26,27);5-9,13,16H,3-4,10-12H2,1-2H3,(H,22,23,24);3-14,18H,2H2,1H3,(H,22,23,24);3-7,11,14,19H,2,8-10H2,1H3,(H,20,21,22);3-5,7-8,11,14H,2,6,9-10H2,1H3,(H,19,20,21)/t20-;16-;18-;2*14-/m11111/s1. The summed E-state index contributed by atoms with van der Waals surface area (Å²) in [4.78, 5) is 76.5. The van der Waals surface area contributed by atoms with E-state index in [1.807, 2.05) is 47.8 Å². The van der Waals surface area contributed by atoms with Crippen LogP contribution in [-0.4, -0.2) is 136 Å². The van der Waals surface area contributed by atoms with Gasteiger partial charge in [0.1, 0.15) is 84.9 Å². The average Bonchev–Trinajstić information content (AvgIpc) is 1.55. The molecule has 0 spiro atoms. The number of aryl methyl sites for hydroxylation is 2. The molecule has 0 bridgehead atoms. The molecule has 6 aromatic carbocycles. The minimum absolute atomic E-state index is 0.189. The molecule has 27 heteroatoms. The first kappa shape index (κ1) is 89.6. The number of rotatable bonds is 25. The van der Waals surface area contributed by atoms with E-state index in [0.29, 0.717) is 19.7 Å². The second kappa shape index (κ2) is 43.8. The van der Waals surface area contributed by atoms with E-state index in [0.717, 1.165) is 181 Å². The van der Waals surface area contributed by atoms with Gasteiger partial charge in [0.25, 0.3) is 0 Å². The Bertz CT molecular complexity index is 6320. The first-order chi connectivity index (χ1) is 63.6. The topological polar surface area (TPSA) is 246 Å². The zero-order valence-electron chi connectivity index (χ0n) is 74.2. The molecule has 1 aliphatic carbocycles. The van der Waals surface area contributed by atoms with Crippen LogP contribution in [0.5, 0.6) is 0 Å². The van der Waals surface area contributed by atoms with E-state index < -0.39 is 0 Å². The number of hydrogen-bond acceptors (Lipinski definition) is 26. The highest BCUT2D eigenvalue weighted by atomic mass is 32.1. The summed E-state index contributed by atoms with van der Waals surface area (Å²) in [5.74, 6) is 4.74. The average molecular weight is 1810 g/mol. The van der Waals surface area contributed by atoms with E-state index in [2.05, 4.69) is 296 Å². The van der Waals surface area contributed by atoms with Crippen molar-refractivity contribution >= 4 is 143 Å². The quantitative estimate of drug-likeness (QED) is 0.0311. The fourth-order valence-corrected chi connectivity index (χ4v) is 23.7. The van der Waals surface area contributed by atoms with Crippen LogP contribution in [0.25, 0.3) is 61.5 Å². The van der Waals surface area contributed by atoms with Gasteiger partial charge in [-0.3, -0.25) is 9.80 Å². The largest absolute Gasteiger partial charge is 0.450 e. The molecule has 10 aromatic heterocycles. The number of carbonyl (C=O) groups is 1. The third kappa shape index (κ3) is 21.4. The van der Waals surface area contributed by atoms with Gasteiger partial charge in [0.05, 0.1) is 83.5 Å². The van der Waals surface area contributed by atoms with Crippen LogP contribution < -0.4 is 31.9 Å². The Labute approximate surface area is 775 Å². The smallest absolute Gasteiger partial charge is 0.410 e. The number of ether oxygens (including phenoxy) is 2.